The Morgan fingerprint density at radius 3 is 1.77 bits per heavy atom. The number of aliphatic carboxylic acids is 2. The molecular formula is C76H133N15O24. The van der Waals surface area contributed by atoms with Crippen molar-refractivity contribution in [3.05, 3.63) is 0 Å². The molecule has 39 heteroatoms. The molecule has 0 aromatic carbocycles. The molecule has 2 aliphatic heterocycles. The first kappa shape index (κ1) is 102. The van der Waals surface area contributed by atoms with Crippen molar-refractivity contribution in [1.29, 1.82) is 0 Å². The number of carboxylic acids is 2. The van der Waals surface area contributed by atoms with E-state index >= 15 is 19.2 Å². The molecule has 2 fully saturated rings. The number of carbonyl (C=O) groups is 16. The number of hydrogen-bond acceptors (Lipinski definition) is 24. The number of carboxylic acid groups (broad SMARTS) is 2. The van der Waals surface area contributed by atoms with Gasteiger partial charge in [0.25, 0.3) is 5.91 Å². The van der Waals surface area contributed by atoms with Crippen LogP contribution in [0.5, 0.6) is 0 Å². The van der Waals surface area contributed by atoms with Gasteiger partial charge < -0.3 is 121 Å². The number of ether oxygens (including phenoxy) is 2. The summed E-state index contributed by atoms with van der Waals surface area (Å²) < 4.78 is 11.7. The molecule has 22 unspecified atom stereocenters. The summed E-state index contributed by atoms with van der Waals surface area (Å²) in [5.41, 5.74) is 23.0. The summed E-state index contributed by atoms with van der Waals surface area (Å²) in [6.07, 6.45) is -12.2. The maximum atomic E-state index is 15.6. The predicted octanol–water partition coefficient (Wildman–Crippen LogP) is -3.49. The van der Waals surface area contributed by atoms with Gasteiger partial charge in [0.15, 0.2) is 6.10 Å². The van der Waals surface area contributed by atoms with E-state index in [1.54, 1.807) is 34.6 Å². The van der Waals surface area contributed by atoms with Crippen LogP contribution in [0.25, 0.3) is 0 Å². The number of esters is 1. The van der Waals surface area contributed by atoms with Crippen LogP contribution in [-0.4, -0.2) is 273 Å². The highest BCUT2D eigenvalue weighted by atomic mass is 16.5. The first-order chi connectivity index (χ1) is 53.7. The Labute approximate surface area is 673 Å². The van der Waals surface area contributed by atoms with Gasteiger partial charge in [0.1, 0.15) is 66.6 Å². The summed E-state index contributed by atoms with van der Waals surface area (Å²) in [6.45, 7) is 19.6. The van der Waals surface area contributed by atoms with Crippen LogP contribution in [0.3, 0.4) is 0 Å². The molecule has 115 heavy (non-hydrogen) atoms. The van der Waals surface area contributed by atoms with E-state index in [0.717, 1.165) is 16.2 Å². The van der Waals surface area contributed by atoms with Gasteiger partial charge in [-0.1, -0.05) is 83.1 Å². The van der Waals surface area contributed by atoms with Gasteiger partial charge in [-0.25, -0.2) is 4.79 Å². The number of carbonyl (C=O) groups excluding carboxylic acids is 14. The number of nitrogens with one attached hydrogen (secondary N) is 9. The molecule has 2 saturated heterocycles. The van der Waals surface area contributed by atoms with Gasteiger partial charge in [0, 0.05) is 51.9 Å². The molecule has 0 aliphatic carbocycles. The third-order valence-electron chi connectivity index (χ3n) is 21.6. The van der Waals surface area contributed by atoms with Crippen LogP contribution in [0.15, 0.2) is 0 Å². The fraction of sp³-hybridized carbons (Fsp3) is 0.789. The molecule has 2 rings (SSSR count). The second-order valence-corrected chi connectivity index (χ2v) is 32.2. The van der Waals surface area contributed by atoms with Gasteiger partial charge in [-0.05, 0) is 138 Å². The monoisotopic (exact) mass is 1640 g/mol. The van der Waals surface area contributed by atoms with E-state index < -0.39 is 254 Å². The quantitative estimate of drug-likeness (QED) is 0.0265. The number of nitrogens with two attached hydrogens (primary N) is 4. The number of aliphatic hydroxyl groups excluding tert-OH is 4. The van der Waals surface area contributed by atoms with Crippen LogP contribution in [0.2, 0.25) is 0 Å². The Morgan fingerprint density at radius 2 is 1.23 bits per heavy atom. The molecule has 39 nitrogen and oxygen atoms in total. The number of piperidine rings is 1. The largest absolute Gasteiger partial charge is 0.481 e. The minimum atomic E-state index is -2.73. The van der Waals surface area contributed by atoms with E-state index in [2.05, 4.69) is 61.7 Å². The first-order valence-electron chi connectivity index (χ1n) is 39.8. The lowest BCUT2D eigenvalue weighted by Gasteiger charge is -2.39. The summed E-state index contributed by atoms with van der Waals surface area (Å²) in [7, 11) is 2.45. The number of methoxy groups -OCH3 is 1. The predicted molar refractivity (Wildman–Crippen MR) is 416 cm³/mol. The van der Waals surface area contributed by atoms with Crippen LogP contribution < -0.4 is 70.8 Å². The Balaban J connectivity index is 3.10. The van der Waals surface area contributed by atoms with E-state index in [1.807, 2.05) is 6.92 Å². The minimum Gasteiger partial charge on any atom is -0.481 e. The summed E-state index contributed by atoms with van der Waals surface area (Å²) >= 11 is 0. The molecule has 656 valence electrons. The van der Waals surface area contributed by atoms with E-state index in [-0.39, 0.29) is 102 Å². The lowest BCUT2D eigenvalue weighted by molar-refractivity contribution is -0.168. The average molecular weight is 1640 g/mol. The fourth-order valence-corrected chi connectivity index (χ4v) is 14.0. The highest BCUT2D eigenvalue weighted by molar-refractivity contribution is 5.99. The Kier molecular flexibility index (Phi) is 44.5. The molecular weight excluding hydrogens is 1510 g/mol. The Morgan fingerprint density at radius 1 is 0.626 bits per heavy atom. The van der Waals surface area contributed by atoms with Gasteiger partial charge in [0.05, 0.1) is 37.2 Å². The van der Waals surface area contributed by atoms with Crippen molar-refractivity contribution in [3.63, 3.8) is 0 Å². The molecule has 23 N–H and O–H groups in total. The number of primary amides is 2. The number of rotatable bonds is 40. The number of hydrogen-bond donors (Lipinski definition) is 19. The molecule has 0 aromatic heterocycles. The van der Waals surface area contributed by atoms with Crippen molar-refractivity contribution in [1.82, 2.24) is 57.7 Å². The molecule has 0 aromatic rings. The minimum absolute atomic E-state index is 0.0127. The maximum absolute atomic E-state index is 15.6. The van der Waals surface area contributed by atoms with Gasteiger partial charge in [-0.3, -0.25) is 71.9 Å². The third kappa shape index (κ3) is 33.0. The van der Waals surface area contributed by atoms with Crippen molar-refractivity contribution < 1.29 is 117 Å². The SMILES string of the molecule is COC(C)C1NC(=O)CC(CCC(N)=O)N(C)C(=O)C(CC(C)C)NC(=O)C(CCCN)NC(=O)C(CO)NC(=O)C(NC(=O)C(NC(=O)C(O)C(O)C(CCC(=O)O)NC(=O)C(CCCN)NC(=O)C(C)C(O)C(C)CC(C)CC(C)C)C(C)C(C)C(N)=O)C(C(C)C(C)C)OC(=O)C2CCCCN2C(=O)C(CC(=O)O)NC1=O. The number of fused-ring (bicyclic) bond motifs is 1. The number of aliphatic hydroxyl groups is 4. The highest BCUT2D eigenvalue weighted by Gasteiger charge is 2.48. The lowest BCUT2D eigenvalue weighted by Crippen LogP contribution is -2.65. The topological polar surface area (TPSA) is 632 Å². The molecule has 13 amide bonds. The lowest BCUT2D eigenvalue weighted by atomic mass is 9.83. The third-order valence-corrected chi connectivity index (χ3v) is 21.6. The van der Waals surface area contributed by atoms with Crippen LogP contribution in [0, 0.1) is 53.3 Å². The number of nitrogens with zero attached hydrogens (tertiary/aromatic N) is 2. The van der Waals surface area contributed by atoms with Gasteiger partial charge in [-0.2, -0.15) is 0 Å². The zero-order valence-corrected chi connectivity index (χ0v) is 69.3. The van der Waals surface area contributed by atoms with Crippen LogP contribution in [0.1, 0.15) is 193 Å². The smallest absolute Gasteiger partial charge is 0.329 e. The van der Waals surface area contributed by atoms with Crippen LogP contribution in [0.4, 0.5) is 0 Å². The normalized spacial score (nSPS) is 24.4. The first-order valence-corrected chi connectivity index (χ1v) is 39.8. The van der Waals surface area contributed by atoms with Gasteiger partial charge in [-0.15, -0.1) is 0 Å². The van der Waals surface area contributed by atoms with Crippen molar-refractivity contribution in [3.8, 4) is 0 Å². The Hall–Kier alpha value is -8.76. The van der Waals surface area contributed by atoms with E-state index in [0.29, 0.717) is 12.3 Å². The molecule has 22 atom stereocenters. The van der Waals surface area contributed by atoms with E-state index in [1.165, 1.54) is 48.8 Å². The molecule has 0 radical (unpaired) electrons. The fourth-order valence-electron chi connectivity index (χ4n) is 14.0. The zero-order chi connectivity index (χ0) is 87.7. The van der Waals surface area contributed by atoms with E-state index in [4.69, 9.17) is 32.4 Å². The molecule has 2 aliphatic rings. The van der Waals surface area contributed by atoms with Crippen molar-refractivity contribution in [2.24, 2.45) is 76.2 Å². The van der Waals surface area contributed by atoms with E-state index in [9.17, 15) is 88.2 Å². The molecule has 0 spiro atoms. The summed E-state index contributed by atoms with van der Waals surface area (Å²) in [6, 6.07) is -19.6. The standard InChI is InChI=1S/C76H133N15O24/c1-36(2)30-39(7)32-40(8)61(99)44(12)66(103)82-48(20-18-27-77)67(104)81-47(24-26-56(95)96)62(100)63(101)73(110)88-58(42(10)43(11)65(80)102)70(107)89-60-64(41(9)38(5)6)115-76(113)53-22-16-17-29-91(53)75(112)51(34-57(97)98)85-71(108)59(45(13)114-15)87-55(94)33-46(23-25-54(79)93)90(14)74(111)50(31-37(3)4)84-68(105)49(21-19-28-78)83-69(106)52(35-92)86-72(60)109/h36-53,58-64,92,99-101H,16-35,77-78H2,1-15H3,(H2,79,93)(H2,80,102)(H,81,104)(H,82,103)(H,83,106)(H,84,105)(H,85,108)(H,86,109)(H,87,94)(H,88,110)(H,89,107)(H,95,96)(H,97,98). The zero-order valence-electron chi connectivity index (χ0n) is 69.3. The Bertz CT molecular complexity index is 3280. The van der Waals surface area contributed by atoms with Gasteiger partial charge >= 0.3 is 17.9 Å². The number of amides is 13. The average Bonchev–Trinajstić information content (AvgIpc) is 0.800. The second kappa shape index (κ2) is 50.0. The van der Waals surface area contributed by atoms with Crippen molar-refractivity contribution >= 4 is 94.7 Å². The van der Waals surface area contributed by atoms with Crippen LogP contribution in [-0.2, 0) is 86.2 Å². The molecule has 2 heterocycles. The molecule has 0 saturated carbocycles. The van der Waals surface area contributed by atoms with Gasteiger partial charge in [0.2, 0.25) is 70.9 Å². The van der Waals surface area contributed by atoms with Crippen molar-refractivity contribution in [2.45, 2.75) is 290 Å². The second-order valence-electron chi connectivity index (χ2n) is 32.2. The number of cyclic esters (lactones) is 1. The maximum Gasteiger partial charge on any atom is 0.329 e. The summed E-state index contributed by atoms with van der Waals surface area (Å²) in [4.78, 5) is 229. The number of likely N-dealkylation sites (N-methyl/N-ethyl adjacent to an activating group) is 1. The summed E-state index contributed by atoms with van der Waals surface area (Å²) in [5, 5.41) is 88.3. The summed E-state index contributed by atoms with van der Waals surface area (Å²) in [5.74, 6) is -25.0. The molecule has 0 bridgehead atoms. The highest BCUT2D eigenvalue weighted by Crippen LogP contribution is 2.29. The van der Waals surface area contributed by atoms with Crippen molar-refractivity contribution in [2.75, 3.05) is 40.4 Å². The van der Waals surface area contributed by atoms with Crippen LogP contribution >= 0.6 is 0 Å².